The second kappa shape index (κ2) is 8.96. The molecule has 1 aliphatic heterocycles. The average Bonchev–Trinajstić information content (AvgIpc) is 3.41. The molecule has 0 N–H and O–H groups in total. The molecule has 2 aromatic carbocycles. The minimum Gasteiger partial charge on any atom is -0.339 e. The molecule has 1 unspecified atom stereocenters. The Hall–Kier alpha value is -2.84. The molecule has 1 aromatic heterocycles. The Kier molecular flexibility index (Phi) is 6.26. The van der Waals surface area contributed by atoms with Crippen molar-refractivity contribution in [3.8, 4) is 0 Å². The van der Waals surface area contributed by atoms with Gasteiger partial charge in [-0.2, -0.15) is 8.42 Å². The van der Waals surface area contributed by atoms with Crippen LogP contribution in [0.3, 0.4) is 0 Å². The summed E-state index contributed by atoms with van der Waals surface area (Å²) in [6, 6.07) is 14.0. The highest BCUT2D eigenvalue weighted by molar-refractivity contribution is 7.92. The molecule has 1 saturated heterocycles. The molecule has 0 bridgehead atoms. The summed E-state index contributed by atoms with van der Waals surface area (Å²) in [6.07, 6.45) is 4.92. The van der Waals surface area contributed by atoms with Crippen molar-refractivity contribution in [1.82, 2.24) is 14.5 Å². The Balaban J connectivity index is 1.67. The zero-order chi connectivity index (χ0) is 22.9. The van der Waals surface area contributed by atoms with Crippen LogP contribution < -0.4 is 4.31 Å². The molecule has 0 aliphatic carbocycles. The van der Waals surface area contributed by atoms with E-state index in [1.807, 2.05) is 11.8 Å². The Bertz CT molecular complexity index is 1210. The van der Waals surface area contributed by atoms with Gasteiger partial charge < -0.3 is 9.47 Å². The van der Waals surface area contributed by atoms with Crippen molar-refractivity contribution in [2.75, 3.05) is 10.8 Å². The van der Waals surface area contributed by atoms with Crippen LogP contribution in [-0.2, 0) is 23.6 Å². The molecule has 1 atom stereocenters. The minimum atomic E-state index is -3.93. The fourth-order valence-corrected chi connectivity index (χ4v) is 5.43. The van der Waals surface area contributed by atoms with Crippen molar-refractivity contribution >= 4 is 33.2 Å². The third-order valence-corrected chi connectivity index (χ3v) is 7.60. The number of carbonyl (C=O) groups is 1. The van der Waals surface area contributed by atoms with Crippen LogP contribution in [0, 0.1) is 0 Å². The molecule has 0 spiro atoms. The minimum absolute atomic E-state index is 0.0293. The lowest BCUT2D eigenvalue weighted by Crippen LogP contribution is -2.34. The van der Waals surface area contributed by atoms with E-state index in [-0.39, 0.29) is 23.5 Å². The molecule has 0 saturated carbocycles. The average molecular weight is 473 g/mol. The molecular weight excluding hydrogens is 448 g/mol. The van der Waals surface area contributed by atoms with Crippen molar-refractivity contribution in [3.05, 3.63) is 77.2 Å². The number of hydrogen-bond acceptors (Lipinski definition) is 4. The van der Waals surface area contributed by atoms with Gasteiger partial charge in [-0.1, -0.05) is 23.7 Å². The number of amides is 1. The van der Waals surface area contributed by atoms with E-state index in [9.17, 15) is 13.2 Å². The molecule has 2 heterocycles. The standard InChI is InChI=1S/C23H25ClN4O3S/c1-17-4-3-13-27(17)23(29)19-7-11-21(12-8-19)28(14-18-5-9-20(24)10-6-18)32(30,31)22-15-26(2)16-25-22/h5-12,15-17H,3-4,13-14H2,1-2H3. The van der Waals surface area contributed by atoms with Gasteiger partial charge in [0, 0.05) is 36.4 Å². The molecule has 1 aliphatic rings. The number of halogens is 1. The number of aryl methyl sites for hydroxylation is 1. The molecule has 0 radical (unpaired) electrons. The summed E-state index contributed by atoms with van der Waals surface area (Å²) in [5.74, 6) is -0.0293. The first-order chi connectivity index (χ1) is 15.3. The number of likely N-dealkylation sites (tertiary alicyclic amines) is 1. The Morgan fingerprint density at radius 3 is 2.41 bits per heavy atom. The van der Waals surface area contributed by atoms with Gasteiger partial charge in [-0.05, 0) is 61.7 Å². The summed E-state index contributed by atoms with van der Waals surface area (Å²) in [6.45, 7) is 2.90. The van der Waals surface area contributed by atoms with E-state index in [0.717, 1.165) is 24.9 Å². The van der Waals surface area contributed by atoms with Crippen molar-refractivity contribution in [3.63, 3.8) is 0 Å². The van der Waals surface area contributed by atoms with Gasteiger partial charge in [0.1, 0.15) is 0 Å². The van der Waals surface area contributed by atoms with E-state index in [1.54, 1.807) is 60.1 Å². The molecular formula is C23H25ClN4O3S. The quantitative estimate of drug-likeness (QED) is 0.541. The molecule has 32 heavy (non-hydrogen) atoms. The van der Waals surface area contributed by atoms with E-state index >= 15 is 0 Å². The zero-order valence-corrected chi connectivity index (χ0v) is 19.6. The maximum absolute atomic E-state index is 13.4. The molecule has 9 heteroatoms. The van der Waals surface area contributed by atoms with Crippen LogP contribution in [0.1, 0.15) is 35.7 Å². The van der Waals surface area contributed by atoms with Crippen LogP contribution in [0.25, 0.3) is 0 Å². The van der Waals surface area contributed by atoms with Crippen LogP contribution in [0.5, 0.6) is 0 Å². The second-order valence-corrected chi connectivity index (χ2v) is 10.3. The number of sulfonamides is 1. The first-order valence-corrected chi connectivity index (χ1v) is 12.2. The van der Waals surface area contributed by atoms with Crippen molar-refractivity contribution in [2.24, 2.45) is 7.05 Å². The van der Waals surface area contributed by atoms with Crippen molar-refractivity contribution < 1.29 is 13.2 Å². The second-order valence-electron chi connectivity index (χ2n) is 8.05. The number of aromatic nitrogens is 2. The maximum atomic E-state index is 13.4. The predicted molar refractivity (Wildman–Crippen MR) is 124 cm³/mol. The number of hydrogen-bond donors (Lipinski definition) is 0. The topological polar surface area (TPSA) is 75.5 Å². The number of rotatable bonds is 6. The van der Waals surface area contributed by atoms with Crippen LogP contribution >= 0.6 is 11.6 Å². The molecule has 1 amide bonds. The largest absolute Gasteiger partial charge is 0.339 e. The molecule has 1 fully saturated rings. The third-order valence-electron chi connectivity index (χ3n) is 5.69. The number of carbonyl (C=O) groups excluding carboxylic acids is 1. The van der Waals surface area contributed by atoms with Crippen molar-refractivity contribution in [1.29, 1.82) is 0 Å². The van der Waals surface area contributed by atoms with E-state index in [2.05, 4.69) is 4.98 Å². The smallest absolute Gasteiger partial charge is 0.283 e. The third kappa shape index (κ3) is 4.52. The molecule has 7 nitrogen and oxygen atoms in total. The fourth-order valence-electron chi connectivity index (χ4n) is 3.88. The van der Waals surface area contributed by atoms with Crippen molar-refractivity contribution in [2.45, 2.75) is 37.4 Å². The SMILES string of the molecule is CC1CCCN1C(=O)c1ccc(N(Cc2ccc(Cl)cc2)S(=O)(=O)c2cn(C)cn2)cc1. The van der Waals surface area contributed by atoms with Gasteiger partial charge in [0.15, 0.2) is 5.03 Å². The van der Waals surface area contributed by atoms with Gasteiger partial charge >= 0.3 is 0 Å². The lowest BCUT2D eigenvalue weighted by atomic mass is 10.1. The van der Waals surface area contributed by atoms with Crippen LogP contribution in [0.2, 0.25) is 5.02 Å². The number of imidazole rings is 1. The van der Waals surface area contributed by atoms with Crippen LogP contribution in [-0.4, -0.2) is 41.4 Å². The van der Waals surface area contributed by atoms with Gasteiger partial charge in [0.2, 0.25) is 0 Å². The van der Waals surface area contributed by atoms with Gasteiger partial charge in [0.25, 0.3) is 15.9 Å². The van der Waals surface area contributed by atoms with E-state index in [4.69, 9.17) is 11.6 Å². The molecule has 4 rings (SSSR count). The summed E-state index contributed by atoms with van der Waals surface area (Å²) < 4.78 is 29.8. The summed E-state index contributed by atoms with van der Waals surface area (Å²) in [7, 11) is -2.21. The zero-order valence-electron chi connectivity index (χ0n) is 18.0. The van der Waals surface area contributed by atoms with Gasteiger partial charge in [-0.3, -0.25) is 9.10 Å². The summed E-state index contributed by atoms with van der Waals surface area (Å²) in [5, 5.41) is 0.534. The van der Waals surface area contributed by atoms with Gasteiger partial charge in [0.05, 0.1) is 18.6 Å². The van der Waals surface area contributed by atoms with Crippen LogP contribution in [0.4, 0.5) is 5.69 Å². The van der Waals surface area contributed by atoms with E-state index < -0.39 is 10.0 Å². The molecule has 3 aromatic rings. The predicted octanol–water partition coefficient (Wildman–Crippen LogP) is 4.09. The van der Waals surface area contributed by atoms with E-state index in [1.165, 1.54) is 16.8 Å². The molecule has 168 valence electrons. The maximum Gasteiger partial charge on any atom is 0.283 e. The summed E-state index contributed by atoms with van der Waals surface area (Å²) in [5.41, 5.74) is 1.78. The Labute approximate surface area is 193 Å². The van der Waals surface area contributed by atoms with Gasteiger partial charge in [-0.25, -0.2) is 4.98 Å². The first kappa shape index (κ1) is 22.4. The highest BCUT2D eigenvalue weighted by Gasteiger charge is 2.29. The number of nitrogens with zero attached hydrogens (tertiary/aromatic N) is 4. The Morgan fingerprint density at radius 1 is 1.16 bits per heavy atom. The number of anilines is 1. The monoisotopic (exact) mass is 472 g/mol. The Morgan fingerprint density at radius 2 is 1.84 bits per heavy atom. The first-order valence-electron chi connectivity index (χ1n) is 10.4. The highest BCUT2D eigenvalue weighted by atomic mass is 35.5. The van der Waals surface area contributed by atoms with Crippen LogP contribution in [0.15, 0.2) is 66.1 Å². The lowest BCUT2D eigenvalue weighted by molar-refractivity contribution is 0.0747. The lowest BCUT2D eigenvalue weighted by Gasteiger charge is -2.25. The van der Waals surface area contributed by atoms with Gasteiger partial charge in [-0.15, -0.1) is 0 Å². The highest BCUT2D eigenvalue weighted by Crippen LogP contribution is 2.27. The van der Waals surface area contributed by atoms with E-state index in [0.29, 0.717) is 16.3 Å². The summed E-state index contributed by atoms with van der Waals surface area (Å²) >= 11 is 5.98. The normalized spacial score (nSPS) is 16.3. The fraction of sp³-hybridized carbons (Fsp3) is 0.304. The number of benzene rings is 2. The summed E-state index contributed by atoms with van der Waals surface area (Å²) in [4.78, 5) is 18.8.